The van der Waals surface area contributed by atoms with Gasteiger partial charge in [0.15, 0.2) is 11.5 Å². The summed E-state index contributed by atoms with van der Waals surface area (Å²) in [5.74, 6) is 0.294. The number of nitrogens with zero attached hydrogens (tertiary/aromatic N) is 4. The summed E-state index contributed by atoms with van der Waals surface area (Å²) < 4.78 is 6.90. The second kappa shape index (κ2) is 5.56. The first kappa shape index (κ1) is 14.4. The number of esters is 1. The molecule has 0 atom stereocenters. The molecular weight excluding hydrogens is 256 g/mol. The van der Waals surface area contributed by atoms with Crippen LogP contribution < -0.4 is 0 Å². The van der Waals surface area contributed by atoms with Crippen LogP contribution in [0.4, 0.5) is 0 Å². The number of ether oxygens (including phenoxy) is 1. The van der Waals surface area contributed by atoms with Gasteiger partial charge in [-0.05, 0) is 38.8 Å². The fraction of sp³-hybridized carbons (Fsp3) is 0.571. The molecule has 0 N–H and O–H groups in total. The number of rotatable bonds is 5. The molecule has 0 amide bonds. The molecule has 2 aromatic rings. The molecule has 0 spiro atoms. The van der Waals surface area contributed by atoms with Crippen molar-refractivity contribution in [3.8, 4) is 0 Å². The van der Waals surface area contributed by atoms with Gasteiger partial charge in [0.1, 0.15) is 5.41 Å². The van der Waals surface area contributed by atoms with E-state index in [1.807, 2.05) is 32.9 Å². The van der Waals surface area contributed by atoms with Crippen molar-refractivity contribution in [3.05, 3.63) is 23.7 Å². The van der Waals surface area contributed by atoms with E-state index in [9.17, 15) is 4.79 Å². The Hall–Kier alpha value is -1.98. The molecule has 6 nitrogen and oxygen atoms in total. The number of aryl methyl sites for hydroxylation is 1. The van der Waals surface area contributed by atoms with Gasteiger partial charge in [-0.2, -0.15) is 9.61 Å². The molecule has 2 aromatic heterocycles. The van der Waals surface area contributed by atoms with Crippen molar-refractivity contribution in [3.63, 3.8) is 0 Å². The lowest BCUT2D eigenvalue weighted by Gasteiger charge is -2.26. The Morgan fingerprint density at radius 2 is 1.95 bits per heavy atom. The summed E-state index contributed by atoms with van der Waals surface area (Å²) in [6, 6.07) is 3.72. The Morgan fingerprint density at radius 1 is 1.25 bits per heavy atom. The maximum atomic E-state index is 12.4. The molecule has 0 fully saturated rings. The average Bonchev–Trinajstić information content (AvgIpc) is 2.85. The number of hydrogen-bond acceptors (Lipinski definition) is 5. The minimum atomic E-state index is -0.795. The molecule has 2 rings (SSSR count). The molecule has 0 radical (unpaired) electrons. The zero-order chi connectivity index (χ0) is 14.8. The maximum Gasteiger partial charge on any atom is 0.319 e. The maximum absolute atomic E-state index is 12.4. The SMILES string of the molecule is CCOC(=O)C(CC)(CC)c1nnc2ccc(C)nn12. The summed E-state index contributed by atoms with van der Waals surface area (Å²) in [7, 11) is 0. The molecule has 0 aromatic carbocycles. The zero-order valence-corrected chi connectivity index (χ0v) is 12.4. The van der Waals surface area contributed by atoms with Crippen LogP contribution in [0.2, 0.25) is 0 Å². The highest BCUT2D eigenvalue weighted by Gasteiger charge is 2.43. The van der Waals surface area contributed by atoms with E-state index in [1.54, 1.807) is 11.4 Å². The Labute approximate surface area is 118 Å². The predicted octanol–water partition coefficient (Wildman–Crippen LogP) is 2.05. The van der Waals surface area contributed by atoms with Gasteiger partial charge in [0.2, 0.25) is 0 Å². The van der Waals surface area contributed by atoms with Crippen molar-refractivity contribution >= 4 is 11.6 Å². The molecule has 108 valence electrons. The highest BCUT2D eigenvalue weighted by atomic mass is 16.5. The number of fused-ring (bicyclic) bond motifs is 1. The van der Waals surface area contributed by atoms with Crippen LogP contribution in [-0.4, -0.2) is 32.4 Å². The number of hydrogen-bond donors (Lipinski definition) is 0. The monoisotopic (exact) mass is 276 g/mol. The highest BCUT2D eigenvalue weighted by molar-refractivity contribution is 5.82. The van der Waals surface area contributed by atoms with Gasteiger partial charge in [-0.15, -0.1) is 10.2 Å². The van der Waals surface area contributed by atoms with Crippen molar-refractivity contribution in [1.29, 1.82) is 0 Å². The van der Waals surface area contributed by atoms with E-state index in [1.165, 1.54) is 0 Å². The lowest BCUT2D eigenvalue weighted by molar-refractivity contribution is -0.151. The minimum absolute atomic E-state index is 0.261. The largest absolute Gasteiger partial charge is 0.465 e. The van der Waals surface area contributed by atoms with E-state index in [2.05, 4.69) is 15.3 Å². The molecule has 6 heteroatoms. The Balaban J connectivity index is 2.62. The molecule has 0 saturated heterocycles. The minimum Gasteiger partial charge on any atom is -0.465 e. The standard InChI is InChI=1S/C14H20N4O2/c1-5-14(6-2,13(19)20-7-3)12-16-15-11-9-8-10(4)17-18(11)12/h8-9H,5-7H2,1-4H3. The summed E-state index contributed by atoms with van der Waals surface area (Å²) in [5, 5.41) is 12.7. The van der Waals surface area contributed by atoms with Crippen LogP contribution in [0.5, 0.6) is 0 Å². The van der Waals surface area contributed by atoms with Gasteiger partial charge in [-0.25, -0.2) is 0 Å². The molecule has 0 saturated carbocycles. The number of aromatic nitrogens is 4. The molecule has 0 aliphatic heterocycles. The van der Waals surface area contributed by atoms with Crippen molar-refractivity contribution in [2.75, 3.05) is 6.61 Å². The van der Waals surface area contributed by atoms with Gasteiger partial charge in [0.25, 0.3) is 0 Å². The first-order valence-electron chi connectivity index (χ1n) is 6.95. The van der Waals surface area contributed by atoms with Crippen molar-refractivity contribution < 1.29 is 9.53 Å². The highest BCUT2D eigenvalue weighted by Crippen LogP contribution is 2.31. The zero-order valence-electron chi connectivity index (χ0n) is 12.4. The van der Waals surface area contributed by atoms with Crippen molar-refractivity contribution in [2.45, 2.75) is 46.0 Å². The summed E-state index contributed by atoms with van der Waals surface area (Å²) in [6.07, 6.45) is 1.19. The van der Waals surface area contributed by atoms with Crippen LogP contribution >= 0.6 is 0 Å². The molecule has 0 aliphatic rings. The quantitative estimate of drug-likeness (QED) is 0.782. The number of carbonyl (C=O) groups is 1. The van der Waals surface area contributed by atoms with Crippen LogP contribution in [0.25, 0.3) is 5.65 Å². The van der Waals surface area contributed by atoms with Crippen molar-refractivity contribution in [2.24, 2.45) is 0 Å². The second-order valence-corrected chi connectivity index (χ2v) is 4.78. The Morgan fingerprint density at radius 3 is 2.55 bits per heavy atom. The molecular formula is C14H20N4O2. The smallest absolute Gasteiger partial charge is 0.319 e. The average molecular weight is 276 g/mol. The van der Waals surface area contributed by atoms with E-state index in [-0.39, 0.29) is 5.97 Å². The second-order valence-electron chi connectivity index (χ2n) is 4.78. The van der Waals surface area contributed by atoms with Gasteiger partial charge in [0.05, 0.1) is 12.3 Å². The number of carbonyl (C=O) groups excluding carboxylic acids is 1. The third-order valence-corrected chi connectivity index (χ3v) is 3.70. The molecule has 0 bridgehead atoms. The summed E-state index contributed by atoms with van der Waals surface area (Å²) in [5.41, 5.74) is 0.695. The molecule has 2 heterocycles. The third kappa shape index (κ3) is 2.15. The van der Waals surface area contributed by atoms with E-state index in [0.717, 1.165) is 5.69 Å². The molecule has 0 aliphatic carbocycles. The Bertz CT molecular complexity index is 617. The fourth-order valence-corrected chi connectivity index (χ4v) is 2.39. The van der Waals surface area contributed by atoms with Gasteiger partial charge in [-0.3, -0.25) is 4.79 Å². The molecule has 20 heavy (non-hydrogen) atoms. The van der Waals surface area contributed by atoms with Crippen LogP contribution in [-0.2, 0) is 14.9 Å². The van der Waals surface area contributed by atoms with Crippen molar-refractivity contribution in [1.82, 2.24) is 19.8 Å². The summed E-state index contributed by atoms with van der Waals surface area (Å²) in [4.78, 5) is 12.4. The summed E-state index contributed by atoms with van der Waals surface area (Å²) in [6.45, 7) is 7.96. The van der Waals surface area contributed by atoms with Gasteiger partial charge in [-0.1, -0.05) is 13.8 Å². The topological polar surface area (TPSA) is 69.4 Å². The van der Waals surface area contributed by atoms with Crippen LogP contribution in [0, 0.1) is 6.92 Å². The van der Waals surface area contributed by atoms with Gasteiger partial charge in [0, 0.05) is 0 Å². The first-order chi connectivity index (χ1) is 9.58. The van der Waals surface area contributed by atoms with E-state index >= 15 is 0 Å². The van der Waals surface area contributed by atoms with Gasteiger partial charge < -0.3 is 4.74 Å². The van der Waals surface area contributed by atoms with E-state index in [0.29, 0.717) is 30.9 Å². The van der Waals surface area contributed by atoms with Gasteiger partial charge >= 0.3 is 5.97 Å². The lowest BCUT2D eigenvalue weighted by atomic mass is 9.81. The normalized spacial score (nSPS) is 11.8. The molecule has 0 unspecified atom stereocenters. The van der Waals surface area contributed by atoms with E-state index < -0.39 is 5.41 Å². The first-order valence-corrected chi connectivity index (χ1v) is 6.95. The lowest BCUT2D eigenvalue weighted by Crippen LogP contribution is -2.38. The van der Waals surface area contributed by atoms with Crippen LogP contribution in [0.15, 0.2) is 12.1 Å². The van der Waals surface area contributed by atoms with Crippen LogP contribution in [0.1, 0.15) is 45.1 Å². The van der Waals surface area contributed by atoms with Crippen LogP contribution in [0.3, 0.4) is 0 Å². The fourth-order valence-electron chi connectivity index (χ4n) is 2.39. The van der Waals surface area contributed by atoms with E-state index in [4.69, 9.17) is 4.74 Å². The Kier molecular flexibility index (Phi) is 4.01. The third-order valence-electron chi connectivity index (χ3n) is 3.70. The summed E-state index contributed by atoms with van der Waals surface area (Å²) >= 11 is 0. The predicted molar refractivity (Wildman–Crippen MR) is 74.4 cm³/mol.